The molecule has 4 nitrogen and oxygen atoms in total. The summed E-state index contributed by atoms with van der Waals surface area (Å²) < 4.78 is 37.2. The van der Waals surface area contributed by atoms with Crippen molar-refractivity contribution in [1.29, 1.82) is 0 Å². The monoisotopic (exact) mass is 348 g/mol. The van der Waals surface area contributed by atoms with Crippen molar-refractivity contribution >= 4 is 9.84 Å². The highest BCUT2D eigenvalue weighted by molar-refractivity contribution is 7.93. The third-order valence-electron chi connectivity index (χ3n) is 4.76. The Balaban J connectivity index is 2.03. The summed E-state index contributed by atoms with van der Waals surface area (Å²) in [4.78, 5) is 0.362. The van der Waals surface area contributed by atoms with Crippen LogP contribution in [0.25, 0.3) is 0 Å². The molecule has 1 saturated heterocycles. The largest absolute Gasteiger partial charge is 0.344 e. The van der Waals surface area contributed by atoms with Crippen LogP contribution in [0.3, 0.4) is 0 Å². The minimum absolute atomic E-state index is 0.362. The standard InChI is InChI=1S/C19H24O4S/c1-16(2)8-9-18(24(20,21)17-6-4-3-5-7-17)10-12-19(13-11-18)22-14-15-23-19/h3-8,10,12H,9,11,13-15H2,1-2H3. The molecule has 1 aromatic rings. The number of hydrogen-bond donors (Lipinski definition) is 0. The molecule has 24 heavy (non-hydrogen) atoms. The Labute approximate surface area is 144 Å². The highest BCUT2D eigenvalue weighted by atomic mass is 32.2. The van der Waals surface area contributed by atoms with E-state index in [9.17, 15) is 8.42 Å². The van der Waals surface area contributed by atoms with Crippen LogP contribution in [0.4, 0.5) is 0 Å². The fraction of sp³-hybridized carbons (Fsp3) is 0.474. The van der Waals surface area contributed by atoms with Crippen LogP contribution in [-0.4, -0.2) is 32.2 Å². The van der Waals surface area contributed by atoms with E-state index in [0.29, 0.717) is 37.4 Å². The van der Waals surface area contributed by atoms with Gasteiger partial charge in [0.05, 0.1) is 22.9 Å². The summed E-state index contributed by atoms with van der Waals surface area (Å²) >= 11 is 0. The van der Waals surface area contributed by atoms with E-state index >= 15 is 0 Å². The Hall–Kier alpha value is -1.43. The SMILES string of the molecule is CC(C)=CCC1(S(=O)(=O)c2ccccc2)C=CC2(CC1)OCCO2. The summed E-state index contributed by atoms with van der Waals surface area (Å²) in [6.07, 6.45) is 7.08. The Bertz CT molecular complexity index is 739. The van der Waals surface area contributed by atoms with E-state index in [1.54, 1.807) is 30.3 Å². The molecule has 5 heteroatoms. The minimum atomic E-state index is -3.51. The first-order valence-corrected chi connectivity index (χ1v) is 9.79. The van der Waals surface area contributed by atoms with Gasteiger partial charge in [-0.15, -0.1) is 0 Å². The number of sulfone groups is 1. The van der Waals surface area contributed by atoms with E-state index in [-0.39, 0.29) is 0 Å². The predicted molar refractivity (Wildman–Crippen MR) is 93.4 cm³/mol. The van der Waals surface area contributed by atoms with Crippen LogP contribution in [-0.2, 0) is 19.3 Å². The molecule has 0 amide bonds. The molecular weight excluding hydrogens is 324 g/mol. The third kappa shape index (κ3) is 3.08. The van der Waals surface area contributed by atoms with Gasteiger partial charge in [0.15, 0.2) is 15.6 Å². The summed E-state index contributed by atoms with van der Waals surface area (Å²) in [5.74, 6) is -0.735. The average molecular weight is 348 g/mol. The normalized spacial score (nSPS) is 25.8. The van der Waals surface area contributed by atoms with Crippen molar-refractivity contribution in [3.05, 3.63) is 54.1 Å². The molecule has 1 fully saturated rings. The van der Waals surface area contributed by atoms with Gasteiger partial charge in [-0.05, 0) is 44.9 Å². The molecule has 3 rings (SSSR count). The Kier molecular flexibility index (Phi) is 4.69. The molecule has 1 aliphatic carbocycles. The topological polar surface area (TPSA) is 52.6 Å². The molecule has 130 valence electrons. The molecule has 0 saturated carbocycles. The molecule has 1 heterocycles. The first kappa shape index (κ1) is 17.4. The maximum Gasteiger partial charge on any atom is 0.188 e. The fourth-order valence-corrected chi connectivity index (χ4v) is 5.16. The molecule has 1 aliphatic heterocycles. The van der Waals surface area contributed by atoms with Gasteiger partial charge in [-0.3, -0.25) is 0 Å². The number of rotatable bonds is 4. The van der Waals surface area contributed by atoms with Crippen molar-refractivity contribution in [1.82, 2.24) is 0 Å². The lowest BCUT2D eigenvalue weighted by molar-refractivity contribution is -0.126. The lowest BCUT2D eigenvalue weighted by Gasteiger charge is -2.38. The maximum absolute atomic E-state index is 13.4. The third-order valence-corrected chi connectivity index (χ3v) is 7.23. The van der Waals surface area contributed by atoms with E-state index in [2.05, 4.69) is 0 Å². The molecule has 1 spiro atoms. The van der Waals surface area contributed by atoms with Crippen LogP contribution in [0.15, 0.2) is 59.0 Å². The number of benzene rings is 1. The van der Waals surface area contributed by atoms with Gasteiger partial charge in [0, 0.05) is 6.42 Å². The molecular formula is C19H24O4S. The first-order chi connectivity index (χ1) is 11.4. The zero-order chi connectivity index (χ0) is 17.3. The summed E-state index contributed by atoms with van der Waals surface area (Å²) in [6, 6.07) is 8.69. The van der Waals surface area contributed by atoms with Crippen molar-refractivity contribution in [2.24, 2.45) is 0 Å². The molecule has 2 aliphatic rings. The second-order valence-electron chi connectivity index (χ2n) is 6.71. The average Bonchev–Trinajstić information content (AvgIpc) is 3.04. The maximum atomic E-state index is 13.4. The molecule has 0 radical (unpaired) electrons. The number of allylic oxidation sites excluding steroid dienone is 2. The van der Waals surface area contributed by atoms with Crippen molar-refractivity contribution in [3.63, 3.8) is 0 Å². The van der Waals surface area contributed by atoms with Gasteiger partial charge in [-0.25, -0.2) is 8.42 Å². The van der Waals surface area contributed by atoms with Crippen molar-refractivity contribution < 1.29 is 17.9 Å². The molecule has 0 aromatic heterocycles. The molecule has 1 aromatic carbocycles. The zero-order valence-electron chi connectivity index (χ0n) is 14.2. The first-order valence-electron chi connectivity index (χ1n) is 8.31. The molecule has 0 N–H and O–H groups in total. The quantitative estimate of drug-likeness (QED) is 0.780. The van der Waals surface area contributed by atoms with Crippen LogP contribution >= 0.6 is 0 Å². The van der Waals surface area contributed by atoms with E-state index in [1.165, 1.54) is 0 Å². The molecule has 1 unspecified atom stereocenters. The molecule has 1 atom stereocenters. The lowest BCUT2D eigenvalue weighted by Crippen LogP contribution is -2.44. The second kappa shape index (κ2) is 6.47. The van der Waals surface area contributed by atoms with Gasteiger partial charge in [0.2, 0.25) is 0 Å². The van der Waals surface area contributed by atoms with Crippen LogP contribution < -0.4 is 0 Å². The predicted octanol–water partition coefficient (Wildman–Crippen LogP) is 3.65. The fourth-order valence-electron chi connectivity index (χ4n) is 3.26. The van der Waals surface area contributed by atoms with E-state index in [1.807, 2.05) is 32.1 Å². The number of ether oxygens (including phenoxy) is 2. The molecule has 0 bridgehead atoms. The highest BCUT2D eigenvalue weighted by Gasteiger charge is 2.48. The van der Waals surface area contributed by atoms with Crippen molar-refractivity contribution in [2.75, 3.05) is 13.2 Å². The van der Waals surface area contributed by atoms with E-state index < -0.39 is 20.4 Å². The Morgan fingerprint density at radius 3 is 2.29 bits per heavy atom. The van der Waals surface area contributed by atoms with Crippen LogP contribution in [0.2, 0.25) is 0 Å². The van der Waals surface area contributed by atoms with Gasteiger partial charge in [-0.2, -0.15) is 0 Å². The second-order valence-corrected chi connectivity index (χ2v) is 9.00. The van der Waals surface area contributed by atoms with Crippen LogP contribution in [0, 0.1) is 0 Å². The van der Waals surface area contributed by atoms with Crippen molar-refractivity contribution in [2.45, 2.75) is 48.5 Å². The van der Waals surface area contributed by atoms with Gasteiger partial charge >= 0.3 is 0 Å². The van der Waals surface area contributed by atoms with Gasteiger partial charge < -0.3 is 9.47 Å². The summed E-state index contributed by atoms with van der Waals surface area (Å²) in [5, 5.41) is 0. The zero-order valence-corrected chi connectivity index (χ0v) is 15.0. The van der Waals surface area contributed by atoms with Gasteiger partial charge in [-0.1, -0.05) is 35.9 Å². The van der Waals surface area contributed by atoms with E-state index in [0.717, 1.165) is 5.57 Å². The Morgan fingerprint density at radius 2 is 1.75 bits per heavy atom. The van der Waals surface area contributed by atoms with Gasteiger partial charge in [0.1, 0.15) is 0 Å². The Morgan fingerprint density at radius 1 is 1.08 bits per heavy atom. The van der Waals surface area contributed by atoms with Crippen LogP contribution in [0.1, 0.15) is 33.1 Å². The summed E-state index contributed by atoms with van der Waals surface area (Å²) in [7, 11) is -3.51. The number of hydrogen-bond acceptors (Lipinski definition) is 4. The van der Waals surface area contributed by atoms with E-state index in [4.69, 9.17) is 9.47 Å². The highest BCUT2D eigenvalue weighted by Crippen LogP contribution is 2.43. The smallest absolute Gasteiger partial charge is 0.188 e. The minimum Gasteiger partial charge on any atom is -0.344 e. The summed E-state index contributed by atoms with van der Waals surface area (Å²) in [5.41, 5.74) is 1.11. The van der Waals surface area contributed by atoms with Crippen molar-refractivity contribution in [3.8, 4) is 0 Å². The lowest BCUT2D eigenvalue weighted by atomic mass is 9.88. The summed E-state index contributed by atoms with van der Waals surface area (Å²) in [6.45, 7) is 5.08. The van der Waals surface area contributed by atoms with Crippen LogP contribution in [0.5, 0.6) is 0 Å². The van der Waals surface area contributed by atoms with Gasteiger partial charge in [0.25, 0.3) is 0 Å².